The van der Waals surface area contributed by atoms with E-state index in [2.05, 4.69) is 15.6 Å². The summed E-state index contributed by atoms with van der Waals surface area (Å²) in [7, 11) is 0. The second-order valence-electron chi connectivity index (χ2n) is 6.26. The minimum atomic E-state index is -0.267. The average Bonchev–Trinajstić information content (AvgIpc) is 3.28. The predicted molar refractivity (Wildman–Crippen MR) is 110 cm³/mol. The van der Waals surface area contributed by atoms with Crippen molar-refractivity contribution in [2.45, 2.75) is 6.54 Å². The molecule has 0 aliphatic carbocycles. The summed E-state index contributed by atoms with van der Waals surface area (Å²) in [4.78, 5) is 16.4. The van der Waals surface area contributed by atoms with Gasteiger partial charge < -0.3 is 19.8 Å². The van der Waals surface area contributed by atoms with Crippen molar-refractivity contribution >= 4 is 17.3 Å². The van der Waals surface area contributed by atoms with Gasteiger partial charge in [-0.1, -0.05) is 18.2 Å². The monoisotopic (exact) mass is 385 g/mol. The summed E-state index contributed by atoms with van der Waals surface area (Å²) in [5.74, 6) is 1.95. The second kappa shape index (κ2) is 8.75. The van der Waals surface area contributed by atoms with Gasteiger partial charge >= 0.3 is 0 Å². The number of hydrogen-bond acceptors (Lipinski definition) is 5. The Labute approximate surface area is 168 Å². The lowest BCUT2D eigenvalue weighted by Crippen LogP contribution is -2.23. The summed E-state index contributed by atoms with van der Waals surface area (Å²) in [6, 6.07) is 24.3. The maximum atomic E-state index is 12.3. The van der Waals surface area contributed by atoms with Crippen LogP contribution >= 0.6 is 0 Å². The topological polar surface area (TPSA) is 76.4 Å². The number of furan rings is 1. The van der Waals surface area contributed by atoms with E-state index in [0.717, 1.165) is 22.9 Å². The van der Waals surface area contributed by atoms with Gasteiger partial charge in [0.1, 0.15) is 23.0 Å². The average molecular weight is 385 g/mol. The molecule has 0 spiro atoms. The molecule has 1 amide bonds. The number of anilines is 2. The largest absolute Gasteiger partial charge is 0.467 e. The van der Waals surface area contributed by atoms with Gasteiger partial charge in [-0.3, -0.25) is 9.78 Å². The molecule has 144 valence electrons. The number of rotatable bonds is 7. The van der Waals surface area contributed by atoms with Crippen LogP contribution < -0.4 is 15.4 Å². The number of para-hydroxylation sites is 1. The Hall–Kier alpha value is -4.06. The molecule has 0 atom stereocenters. The van der Waals surface area contributed by atoms with Crippen LogP contribution in [0, 0.1) is 0 Å². The molecule has 0 radical (unpaired) electrons. The van der Waals surface area contributed by atoms with Crippen LogP contribution in [0.3, 0.4) is 0 Å². The Bertz CT molecular complexity index is 1060. The van der Waals surface area contributed by atoms with E-state index in [-0.39, 0.29) is 5.91 Å². The van der Waals surface area contributed by atoms with Crippen LogP contribution in [0.4, 0.5) is 11.4 Å². The molecule has 6 heteroatoms. The van der Waals surface area contributed by atoms with Gasteiger partial charge in [-0.2, -0.15) is 0 Å². The highest BCUT2D eigenvalue weighted by Crippen LogP contribution is 2.24. The fourth-order valence-electron chi connectivity index (χ4n) is 2.70. The maximum Gasteiger partial charge on any atom is 0.270 e. The molecule has 0 aliphatic rings. The number of ether oxygens (including phenoxy) is 1. The molecule has 2 aromatic carbocycles. The van der Waals surface area contributed by atoms with Crippen molar-refractivity contribution in [1.82, 2.24) is 10.3 Å². The number of benzene rings is 2. The molecular formula is C23H19N3O3. The van der Waals surface area contributed by atoms with Gasteiger partial charge in [0.2, 0.25) is 0 Å². The summed E-state index contributed by atoms with van der Waals surface area (Å²) in [6.45, 7) is 0.314. The van der Waals surface area contributed by atoms with E-state index >= 15 is 0 Å². The molecule has 0 fully saturated rings. The van der Waals surface area contributed by atoms with Crippen LogP contribution in [0.25, 0.3) is 0 Å². The van der Waals surface area contributed by atoms with Crippen molar-refractivity contribution in [3.63, 3.8) is 0 Å². The number of pyridine rings is 1. The van der Waals surface area contributed by atoms with Crippen LogP contribution in [0.5, 0.6) is 11.5 Å². The van der Waals surface area contributed by atoms with Gasteiger partial charge in [0.15, 0.2) is 0 Å². The molecule has 4 aromatic rings. The molecule has 29 heavy (non-hydrogen) atoms. The standard InChI is InChI=1S/C23H19N3O3/c27-23(25-16-21-7-4-14-28-21)22-15-18(12-13-24-22)26-17-8-10-20(11-9-17)29-19-5-2-1-3-6-19/h1-15H,16H2,(H,24,26)(H,25,27). The highest BCUT2D eigenvalue weighted by atomic mass is 16.5. The van der Waals surface area contributed by atoms with E-state index in [9.17, 15) is 4.79 Å². The van der Waals surface area contributed by atoms with E-state index in [1.165, 1.54) is 0 Å². The first-order chi connectivity index (χ1) is 14.3. The lowest BCUT2D eigenvalue weighted by atomic mass is 10.2. The Morgan fingerprint density at radius 1 is 0.897 bits per heavy atom. The number of carbonyl (C=O) groups is 1. The molecule has 0 aliphatic heterocycles. The SMILES string of the molecule is O=C(NCc1ccco1)c1cc(Nc2ccc(Oc3ccccc3)cc2)ccn1. The lowest BCUT2D eigenvalue weighted by Gasteiger charge is -2.10. The summed E-state index contributed by atoms with van der Waals surface area (Å²) in [5.41, 5.74) is 1.96. The number of aromatic nitrogens is 1. The van der Waals surface area contributed by atoms with Crippen molar-refractivity contribution in [2.75, 3.05) is 5.32 Å². The molecule has 0 bridgehead atoms. The van der Waals surface area contributed by atoms with E-state index in [0.29, 0.717) is 18.0 Å². The predicted octanol–water partition coefficient (Wildman–Crippen LogP) is 5.14. The molecule has 0 saturated heterocycles. The molecule has 2 heterocycles. The summed E-state index contributed by atoms with van der Waals surface area (Å²) < 4.78 is 11.0. The Morgan fingerprint density at radius 2 is 1.69 bits per heavy atom. The van der Waals surface area contributed by atoms with Gasteiger partial charge in [0, 0.05) is 17.6 Å². The van der Waals surface area contributed by atoms with Crippen LogP contribution in [0.15, 0.2) is 95.7 Å². The van der Waals surface area contributed by atoms with Crippen LogP contribution in [-0.4, -0.2) is 10.9 Å². The first-order valence-corrected chi connectivity index (χ1v) is 9.13. The highest BCUT2D eigenvalue weighted by molar-refractivity contribution is 5.93. The van der Waals surface area contributed by atoms with Gasteiger partial charge in [-0.05, 0) is 60.7 Å². The normalized spacial score (nSPS) is 10.3. The number of nitrogens with one attached hydrogen (secondary N) is 2. The number of amides is 1. The summed E-state index contributed by atoms with van der Waals surface area (Å²) >= 11 is 0. The zero-order valence-corrected chi connectivity index (χ0v) is 15.5. The number of nitrogens with zero attached hydrogens (tertiary/aromatic N) is 1. The Morgan fingerprint density at radius 3 is 2.45 bits per heavy atom. The molecule has 2 N–H and O–H groups in total. The van der Waals surface area contributed by atoms with Crippen molar-refractivity contribution < 1.29 is 13.9 Å². The quantitative estimate of drug-likeness (QED) is 0.461. The van der Waals surface area contributed by atoms with Crippen molar-refractivity contribution in [3.05, 3.63) is 103 Å². The molecule has 2 aromatic heterocycles. The van der Waals surface area contributed by atoms with E-state index in [4.69, 9.17) is 9.15 Å². The van der Waals surface area contributed by atoms with Gasteiger partial charge in [0.05, 0.1) is 12.8 Å². The van der Waals surface area contributed by atoms with Crippen LogP contribution in [-0.2, 0) is 6.54 Å². The van der Waals surface area contributed by atoms with E-state index in [1.807, 2.05) is 54.6 Å². The number of hydrogen-bond donors (Lipinski definition) is 2. The third-order valence-corrected chi connectivity index (χ3v) is 4.12. The molecule has 0 saturated carbocycles. The first kappa shape index (κ1) is 18.3. The highest BCUT2D eigenvalue weighted by Gasteiger charge is 2.09. The summed E-state index contributed by atoms with van der Waals surface area (Å²) in [5, 5.41) is 6.05. The zero-order valence-electron chi connectivity index (χ0n) is 15.5. The minimum Gasteiger partial charge on any atom is -0.467 e. The van der Waals surface area contributed by atoms with E-state index in [1.54, 1.807) is 36.7 Å². The molecule has 0 unspecified atom stereocenters. The van der Waals surface area contributed by atoms with E-state index < -0.39 is 0 Å². The number of carbonyl (C=O) groups excluding carboxylic acids is 1. The summed E-state index contributed by atoms with van der Waals surface area (Å²) in [6.07, 6.45) is 3.16. The van der Waals surface area contributed by atoms with Crippen molar-refractivity contribution in [2.24, 2.45) is 0 Å². The minimum absolute atomic E-state index is 0.267. The van der Waals surface area contributed by atoms with Gasteiger partial charge in [0.25, 0.3) is 5.91 Å². The Balaban J connectivity index is 1.37. The fraction of sp³-hybridized carbons (Fsp3) is 0.0435. The Kier molecular flexibility index (Phi) is 5.53. The van der Waals surface area contributed by atoms with Crippen LogP contribution in [0.1, 0.15) is 16.2 Å². The maximum absolute atomic E-state index is 12.3. The molecule has 4 rings (SSSR count). The third kappa shape index (κ3) is 5.01. The fourth-order valence-corrected chi connectivity index (χ4v) is 2.70. The van der Waals surface area contributed by atoms with Crippen molar-refractivity contribution in [1.29, 1.82) is 0 Å². The smallest absolute Gasteiger partial charge is 0.270 e. The lowest BCUT2D eigenvalue weighted by molar-refractivity contribution is 0.0943. The van der Waals surface area contributed by atoms with Crippen molar-refractivity contribution in [3.8, 4) is 11.5 Å². The third-order valence-electron chi connectivity index (χ3n) is 4.12. The van der Waals surface area contributed by atoms with Gasteiger partial charge in [-0.15, -0.1) is 0 Å². The zero-order chi connectivity index (χ0) is 19.9. The second-order valence-corrected chi connectivity index (χ2v) is 6.26. The molecule has 6 nitrogen and oxygen atoms in total. The van der Waals surface area contributed by atoms with Crippen LogP contribution in [0.2, 0.25) is 0 Å². The first-order valence-electron chi connectivity index (χ1n) is 9.13. The van der Waals surface area contributed by atoms with Gasteiger partial charge in [-0.25, -0.2) is 0 Å². The molecular weight excluding hydrogens is 366 g/mol.